The highest BCUT2D eigenvalue weighted by molar-refractivity contribution is 5.89. The number of anilines is 1. The summed E-state index contributed by atoms with van der Waals surface area (Å²) in [5.74, 6) is -1.62. The summed E-state index contributed by atoms with van der Waals surface area (Å²) in [7, 11) is 1.54. The fraction of sp³-hybridized carbons (Fsp3) is 0.588. The molecule has 2 rings (SSSR count). The van der Waals surface area contributed by atoms with Gasteiger partial charge in [0.05, 0.1) is 11.2 Å². The predicted octanol–water partition coefficient (Wildman–Crippen LogP) is 3.49. The number of methoxy groups -OCH3 is 1. The Labute approximate surface area is 148 Å². The standard InChI is InChI=1S/C17H22F4N2O3/c1-11-10-23(7-5-16(11,25)6-8-26-2)15(24)22-12-3-4-14(18)13(9-12)17(19,20)21/h3-4,9,11,25H,5-8,10H2,1-2H3,(H,22,24)/t11-,16-/m0/s1. The molecular weight excluding hydrogens is 356 g/mol. The van der Waals surface area contributed by atoms with E-state index in [9.17, 15) is 27.5 Å². The topological polar surface area (TPSA) is 61.8 Å². The number of rotatable bonds is 4. The van der Waals surface area contributed by atoms with Crippen molar-refractivity contribution in [1.29, 1.82) is 0 Å². The Morgan fingerprint density at radius 3 is 2.73 bits per heavy atom. The number of likely N-dealkylation sites (tertiary alicyclic amines) is 1. The molecule has 2 N–H and O–H groups in total. The third-order valence-corrected chi connectivity index (χ3v) is 4.78. The Hall–Kier alpha value is -1.87. The lowest BCUT2D eigenvalue weighted by atomic mass is 9.80. The van der Waals surface area contributed by atoms with Crippen molar-refractivity contribution in [2.45, 2.75) is 31.5 Å². The van der Waals surface area contributed by atoms with E-state index in [0.717, 1.165) is 6.07 Å². The van der Waals surface area contributed by atoms with Crippen LogP contribution in [0.4, 0.5) is 28.0 Å². The molecule has 1 saturated heterocycles. The Kier molecular flexibility index (Phi) is 6.13. The average molecular weight is 378 g/mol. The van der Waals surface area contributed by atoms with E-state index in [-0.39, 0.29) is 24.7 Å². The number of urea groups is 1. The first-order chi connectivity index (χ1) is 12.1. The van der Waals surface area contributed by atoms with Gasteiger partial charge in [-0.05, 0) is 31.0 Å². The fourth-order valence-corrected chi connectivity index (χ4v) is 3.02. The minimum atomic E-state index is -4.84. The molecule has 0 unspecified atom stereocenters. The van der Waals surface area contributed by atoms with Gasteiger partial charge in [0.1, 0.15) is 5.82 Å². The van der Waals surface area contributed by atoms with Crippen molar-refractivity contribution >= 4 is 11.7 Å². The van der Waals surface area contributed by atoms with Crippen molar-refractivity contribution in [3.05, 3.63) is 29.6 Å². The summed E-state index contributed by atoms with van der Waals surface area (Å²) < 4.78 is 56.6. The maximum Gasteiger partial charge on any atom is 0.419 e. The van der Waals surface area contributed by atoms with E-state index in [0.29, 0.717) is 31.6 Å². The Bertz CT molecular complexity index is 653. The summed E-state index contributed by atoms with van der Waals surface area (Å²) in [5, 5.41) is 13.0. The quantitative estimate of drug-likeness (QED) is 0.789. The van der Waals surface area contributed by atoms with E-state index in [4.69, 9.17) is 4.74 Å². The Morgan fingerprint density at radius 2 is 2.15 bits per heavy atom. The zero-order valence-electron chi connectivity index (χ0n) is 14.6. The maximum absolute atomic E-state index is 13.3. The lowest BCUT2D eigenvalue weighted by Crippen LogP contribution is -2.53. The number of piperidine rings is 1. The molecule has 0 aromatic heterocycles. The van der Waals surface area contributed by atoms with Crippen LogP contribution in [0.3, 0.4) is 0 Å². The molecule has 5 nitrogen and oxygen atoms in total. The number of alkyl halides is 3. The molecule has 1 aliphatic rings. The van der Waals surface area contributed by atoms with Gasteiger partial charge in [-0.1, -0.05) is 6.92 Å². The van der Waals surface area contributed by atoms with Crippen LogP contribution in [0, 0.1) is 11.7 Å². The number of carbonyl (C=O) groups excluding carboxylic acids is 1. The summed E-state index contributed by atoms with van der Waals surface area (Å²) in [5.41, 5.74) is -2.53. The van der Waals surface area contributed by atoms with Crippen LogP contribution in [0.25, 0.3) is 0 Å². The molecule has 146 valence electrons. The summed E-state index contributed by atoms with van der Waals surface area (Å²) in [4.78, 5) is 13.7. The Balaban J connectivity index is 2.03. The van der Waals surface area contributed by atoms with Crippen molar-refractivity contribution in [2.24, 2.45) is 5.92 Å². The van der Waals surface area contributed by atoms with Crippen molar-refractivity contribution in [1.82, 2.24) is 4.90 Å². The van der Waals surface area contributed by atoms with E-state index < -0.39 is 29.2 Å². The van der Waals surface area contributed by atoms with Gasteiger partial charge >= 0.3 is 12.2 Å². The number of aliphatic hydroxyl groups is 1. The van der Waals surface area contributed by atoms with Crippen LogP contribution in [0.2, 0.25) is 0 Å². The van der Waals surface area contributed by atoms with Crippen molar-refractivity contribution in [3.8, 4) is 0 Å². The summed E-state index contributed by atoms with van der Waals surface area (Å²) in [6, 6.07) is 1.71. The zero-order chi connectivity index (χ0) is 19.5. The van der Waals surface area contributed by atoms with Gasteiger partial charge in [-0.25, -0.2) is 9.18 Å². The van der Waals surface area contributed by atoms with Gasteiger partial charge in [-0.3, -0.25) is 0 Å². The van der Waals surface area contributed by atoms with Crippen LogP contribution >= 0.6 is 0 Å². The van der Waals surface area contributed by atoms with Crippen LogP contribution < -0.4 is 5.32 Å². The summed E-state index contributed by atoms with van der Waals surface area (Å²) in [6.45, 7) is 2.70. The van der Waals surface area contributed by atoms with Crippen LogP contribution in [-0.2, 0) is 10.9 Å². The maximum atomic E-state index is 13.3. The molecule has 1 aliphatic heterocycles. The lowest BCUT2D eigenvalue weighted by Gasteiger charge is -2.43. The highest BCUT2D eigenvalue weighted by Crippen LogP contribution is 2.34. The van der Waals surface area contributed by atoms with Gasteiger partial charge in [-0.15, -0.1) is 0 Å². The third-order valence-electron chi connectivity index (χ3n) is 4.78. The molecule has 0 spiro atoms. The molecule has 0 bridgehead atoms. The van der Waals surface area contributed by atoms with E-state index in [1.54, 1.807) is 6.92 Å². The first kappa shape index (κ1) is 20.4. The number of nitrogens with one attached hydrogen (secondary N) is 1. The number of benzene rings is 1. The van der Waals surface area contributed by atoms with Gasteiger partial charge in [-0.2, -0.15) is 13.2 Å². The molecule has 2 amide bonds. The third kappa shape index (κ3) is 4.64. The van der Waals surface area contributed by atoms with Crippen LogP contribution in [-0.4, -0.2) is 48.4 Å². The van der Waals surface area contributed by atoms with Crippen molar-refractivity contribution < 1.29 is 32.2 Å². The average Bonchev–Trinajstić information content (AvgIpc) is 2.56. The number of ether oxygens (including phenoxy) is 1. The second-order valence-corrected chi connectivity index (χ2v) is 6.57. The van der Waals surface area contributed by atoms with E-state index >= 15 is 0 Å². The minimum absolute atomic E-state index is 0.142. The molecule has 2 atom stereocenters. The van der Waals surface area contributed by atoms with E-state index in [2.05, 4.69) is 5.32 Å². The highest BCUT2D eigenvalue weighted by Gasteiger charge is 2.40. The first-order valence-electron chi connectivity index (χ1n) is 8.21. The van der Waals surface area contributed by atoms with Crippen LogP contribution in [0.5, 0.6) is 0 Å². The molecule has 0 radical (unpaired) electrons. The van der Waals surface area contributed by atoms with Crippen LogP contribution in [0.1, 0.15) is 25.3 Å². The monoisotopic (exact) mass is 378 g/mol. The van der Waals surface area contributed by atoms with Crippen LogP contribution in [0.15, 0.2) is 18.2 Å². The number of hydrogen-bond donors (Lipinski definition) is 2. The first-order valence-corrected chi connectivity index (χ1v) is 8.21. The van der Waals surface area contributed by atoms with Crippen molar-refractivity contribution in [3.63, 3.8) is 0 Å². The second-order valence-electron chi connectivity index (χ2n) is 6.57. The van der Waals surface area contributed by atoms with Crippen molar-refractivity contribution in [2.75, 3.05) is 32.1 Å². The molecule has 9 heteroatoms. The largest absolute Gasteiger partial charge is 0.419 e. The SMILES string of the molecule is COCC[C@@]1(O)CCN(C(=O)Nc2ccc(F)c(C(F)(F)F)c2)C[C@@H]1C. The smallest absolute Gasteiger partial charge is 0.389 e. The number of nitrogens with zero attached hydrogens (tertiary/aromatic N) is 1. The van der Waals surface area contributed by atoms with Gasteiger partial charge in [0, 0.05) is 38.4 Å². The number of carbonyl (C=O) groups is 1. The lowest BCUT2D eigenvalue weighted by molar-refractivity contribution is -0.139. The Morgan fingerprint density at radius 1 is 1.46 bits per heavy atom. The van der Waals surface area contributed by atoms with E-state index in [1.165, 1.54) is 12.0 Å². The summed E-state index contributed by atoms with van der Waals surface area (Å²) in [6.07, 6.45) is -4.07. The molecule has 1 aromatic rings. The van der Waals surface area contributed by atoms with Gasteiger partial charge in [0.25, 0.3) is 0 Å². The number of amides is 2. The normalized spacial score (nSPS) is 23.8. The predicted molar refractivity (Wildman–Crippen MR) is 87.2 cm³/mol. The molecule has 0 saturated carbocycles. The molecule has 0 aliphatic carbocycles. The minimum Gasteiger partial charge on any atom is -0.389 e. The molecule has 1 heterocycles. The number of halogens is 4. The number of hydrogen-bond acceptors (Lipinski definition) is 3. The fourth-order valence-electron chi connectivity index (χ4n) is 3.02. The van der Waals surface area contributed by atoms with Gasteiger partial charge < -0.3 is 20.1 Å². The molecule has 26 heavy (non-hydrogen) atoms. The van der Waals surface area contributed by atoms with E-state index in [1.807, 2.05) is 0 Å². The van der Waals surface area contributed by atoms with Gasteiger partial charge in [0.15, 0.2) is 0 Å². The van der Waals surface area contributed by atoms with Gasteiger partial charge in [0.2, 0.25) is 0 Å². The highest BCUT2D eigenvalue weighted by atomic mass is 19.4. The molecule has 1 aromatic carbocycles. The molecular formula is C17H22F4N2O3. The zero-order valence-corrected chi connectivity index (χ0v) is 14.6. The second kappa shape index (κ2) is 7.79. The summed E-state index contributed by atoms with van der Waals surface area (Å²) >= 11 is 0. The molecule has 1 fully saturated rings.